The number of aliphatic imine (C=N–C) groups is 1. The van der Waals surface area contributed by atoms with Crippen molar-refractivity contribution in [3.8, 4) is 0 Å². The zero-order chi connectivity index (χ0) is 20.7. The summed E-state index contributed by atoms with van der Waals surface area (Å²) in [4.78, 5) is 30.3. The molecule has 156 valence electrons. The number of carbonyl (C=O) groups is 2. The number of rotatable bonds is 4. The molecule has 1 aliphatic rings. The number of carbonyl (C=O) groups excluding carboxylic acids is 2. The second-order valence-corrected chi connectivity index (χ2v) is 8.93. The molecule has 1 heterocycles. The fourth-order valence-corrected chi connectivity index (χ4v) is 2.84. The number of nitrogens with one attached hydrogen (secondary N) is 3. The molecule has 1 fully saturated rings. The summed E-state index contributed by atoms with van der Waals surface area (Å²) in [5.74, 6) is 0.437. The summed E-state index contributed by atoms with van der Waals surface area (Å²) >= 11 is 0. The molecule has 0 bridgehead atoms. The maximum absolute atomic E-state index is 12.5. The Bertz CT molecular complexity index is 534. The lowest BCUT2D eigenvalue weighted by Crippen LogP contribution is -2.53. The number of hydrogen-bond acceptors (Lipinski definition) is 4. The van der Waals surface area contributed by atoms with Crippen molar-refractivity contribution in [2.24, 2.45) is 4.99 Å². The molecule has 0 aromatic heterocycles. The van der Waals surface area contributed by atoms with E-state index in [0.29, 0.717) is 19.0 Å². The van der Waals surface area contributed by atoms with Gasteiger partial charge in [-0.05, 0) is 60.8 Å². The maximum atomic E-state index is 12.5. The smallest absolute Gasteiger partial charge is 0.410 e. The molecule has 1 unspecified atom stereocenters. The van der Waals surface area contributed by atoms with Gasteiger partial charge in [0, 0.05) is 25.7 Å². The average molecular weight is 384 g/mol. The van der Waals surface area contributed by atoms with Crippen LogP contribution in [0.15, 0.2) is 4.99 Å². The summed E-state index contributed by atoms with van der Waals surface area (Å²) in [5.41, 5.74) is -0.782. The summed E-state index contributed by atoms with van der Waals surface area (Å²) in [6.45, 7) is 12.8. The third kappa shape index (κ3) is 9.49. The molecule has 0 saturated carbocycles. The Morgan fingerprint density at radius 1 is 1.11 bits per heavy atom. The molecule has 3 N–H and O–H groups in total. The number of piperidine rings is 1. The maximum Gasteiger partial charge on any atom is 0.410 e. The van der Waals surface area contributed by atoms with Gasteiger partial charge < -0.3 is 25.6 Å². The van der Waals surface area contributed by atoms with Crippen LogP contribution in [0.4, 0.5) is 4.79 Å². The van der Waals surface area contributed by atoms with E-state index in [9.17, 15) is 9.59 Å². The predicted octanol–water partition coefficient (Wildman–Crippen LogP) is 1.86. The first-order valence-electron chi connectivity index (χ1n) is 9.66. The van der Waals surface area contributed by atoms with Crippen LogP contribution in [0.2, 0.25) is 0 Å². The van der Waals surface area contributed by atoms with Crippen molar-refractivity contribution in [2.75, 3.05) is 26.7 Å². The summed E-state index contributed by atoms with van der Waals surface area (Å²) in [6.07, 6.45) is 2.69. The molecule has 1 saturated heterocycles. The van der Waals surface area contributed by atoms with Gasteiger partial charge >= 0.3 is 6.09 Å². The Morgan fingerprint density at radius 3 is 2.33 bits per heavy atom. The molecule has 2 amide bonds. The highest BCUT2D eigenvalue weighted by Crippen LogP contribution is 2.20. The molecule has 0 aromatic rings. The molecule has 1 rings (SSSR count). The van der Waals surface area contributed by atoms with E-state index in [4.69, 9.17) is 4.74 Å². The van der Waals surface area contributed by atoms with Crippen LogP contribution < -0.4 is 16.0 Å². The van der Waals surface area contributed by atoms with Crippen molar-refractivity contribution in [1.29, 1.82) is 0 Å². The molecule has 0 radical (unpaired) electrons. The molecule has 8 nitrogen and oxygen atoms in total. The normalized spacial score (nSPS) is 18.7. The first kappa shape index (κ1) is 23.0. The van der Waals surface area contributed by atoms with E-state index in [-0.39, 0.29) is 30.1 Å². The first-order valence-corrected chi connectivity index (χ1v) is 9.66. The van der Waals surface area contributed by atoms with E-state index >= 15 is 0 Å². The Labute approximate surface area is 163 Å². The number of nitrogens with zero attached hydrogens (tertiary/aromatic N) is 2. The Hall–Kier alpha value is -1.99. The standard InChI is InChI=1S/C19H37N5O3/c1-18(2,3)23-15(25)13-22-16(20-7)21-12-14-10-8-9-11-24(14)17(26)27-19(4,5)6/h14H,8-13H2,1-7H3,(H,23,25)(H2,20,21,22). The van der Waals surface area contributed by atoms with Crippen molar-refractivity contribution in [3.63, 3.8) is 0 Å². The topological polar surface area (TPSA) is 95.1 Å². The molecule has 1 atom stereocenters. The quantitative estimate of drug-likeness (QED) is 0.509. The zero-order valence-corrected chi connectivity index (χ0v) is 17.9. The van der Waals surface area contributed by atoms with Crippen LogP contribution in [0, 0.1) is 0 Å². The SMILES string of the molecule is CN=C(NCC(=O)NC(C)(C)C)NCC1CCCCN1C(=O)OC(C)(C)C. The van der Waals surface area contributed by atoms with Crippen LogP contribution in [0.25, 0.3) is 0 Å². The van der Waals surface area contributed by atoms with Gasteiger partial charge in [-0.15, -0.1) is 0 Å². The van der Waals surface area contributed by atoms with Crippen molar-refractivity contribution in [1.82, 2.24) is 20.9 Å². The van der Waals surface area contributed by atoms with E-state index < -0.39 is 5.60 Å². The molecule has 8 heteroatoms. The van der Waals surface area contributed by atoms with Crippen LogP contribution >= 0.6 is 0 Å². The van der Waals surface area contributed by atoms with Gasteiger partial charge in [0.1, 0.15) is 5.60 Å². The van der Waals surface area contributed by atoms with E-state index in [1.165, 1.54) is 0 Å². The zero-order valence-electron chi connectivity index (χ0n) is 17.9. The average Bonchev–Trinajstić information content (AvgIpc) is 2.52. The van der Waals surface area contributed by atoms with Gasteiger partial charge in [-0.3, -0.25) is 9.79 Å². The number of hydrogen-bond donors (Lipinski definition) is 3. The Morgan fingerprint density at radius 2 is 1.78 bits per heavy atom. The Balaban J connectivity index is 2.54. The van der Waals surface area contributed by atoms with Crippen LogP contribution in [-0.4, -0.2) is 66.7 Å². The summed E-state index contributed by atoms with van der Waals surface area (Å²) < 4.78 is 5.53. The van der Waals surface area contributed by atoms with E-state index in [1.807, 2.05) is 41.5 Å². The molecular weight excluding hydrogens is 346 g/mol. The van der Waals surface area contributed by atoms with Crippen LogP contribution in [0.5, 0.6) is 0 Å². The van der Waals surface area contributed by atoms with Crippen LogP contribution in [0.3, 0.4) is 0 Å². The van der Waals surface area contributed by atoms with Crippen molar-refractivity contribution in [3.05, 3.63) is 0 Å². The van der Waals surface area contributed by atoms with Gasteiger partial charge in [-0.1, -0.05) is 0 Å². The van der Waals surface area contributed by atoms with E-state index in [1.54, 1.807) is 11.9 Å². The van der Waals surface area contributed by atoms with Gasteiger partial charge in [0.05, 0.1) is 12.6 Å². The van der Waals surface area contributed by atoms with Crippen molar-refractivity contribution in [2.45, 2.75) is 78.0 Å². The molecule has 0 aromatic carbocycles. The summed E-state index contributed by atoms with van der Waals surface area (Å²) in [6, 6.07) is 0.0375. The minimum Gasteiger partial charge on any atom is -0.444 e. The lowest BCUT2D eigenvalue weighted by atomic mass is 10.0. The summed E-state index contributed by atoms with van der Waals surface area (Å²) in [5, 5.41) is 9.11. The third-order valence-corrected chi connectivity index (χ3v) is 3.91. The third-order valence-electron chi connectivity index (χ3n) is 3.91. The fourth-order valence-electron chi connectivity index (χ4n) is 2.84. The highest BCUT2D eigenvalue weighted by atomic mass is 16.6. The second kappa shape index (κ2) is 9.80. The van der Waals surface area contributed by atoms with Gasteiger partial charge in [0.25, 0.3) is 0 Å². The number of amides is 2. The minimum absolute atomic E-state index is 0.0375. The van der Waals surface area contributed by atoms with Gasteiger partial charge in [-0.2, -0.15) is 0 Å². The lowest BCUT2D eigenvalue weighted by molar-refractivity contribution is -0.121. The number of ether oxygens (including phenoxy) is 1. The largest absolute Gasteiger partial charge is 0.444 e. The minimum atomic E-state index is -0.509. The van der Waals surface area contributed by atoms with Crippen LogP contribution in [0.1, 0.15) is 60.8 Å². The van der Waals surface area contributed by atoms with Crippen LogP contribution in [-0.2, 0) is 9.53 Å². The number of guanidine groups is 1. The fraction of sp³-hybridized carbons (Fsp3) is 0.842. The predicted molar refractivity (Wildman–Crippen MR) is 108 cm³/mol. The van der Waals surface area contributed by atoms with E-state index in [0.717, 1.165) is 19.3 Å². The molecule has 27 heavy (non-hydrogen) atoms. The van der Waals surface area contributed by atoms with Gasteiger partial charge in [-0.25, -0.2) is 4.79 Å². The molecule has 0 aliphatic carbocycles. The highest BCUT2D eigenvalue weighted by molar-refractivity contribution is 5.86. The second-order valence-electron chi connectivity index (χ2n) is 8.93. The van der Waals surface area contributed by atoms with Crippen molar-refractivity contribution < 1.29 is 14.3 Å². The monoisotopic (exact) mass is 383 g/mol. The molecule has 0 spiro atoms. The van der Waals surface area contributed by atoms with Gasteiger partial charge in [0.2, 0.25) is 5.91 Å². The lowest BCUT2D eigenvalue weighted by Gasteiger charge is -2.37. The Kier molecular flexibility index (Phi) is 8.37. The molecular formula is C19H37N5O3. The van der Waals surface area contributed by atoms with Gasteiger partial charge in [0.15, 0.2) is 5.96 Å². The highest BCUT2D eigenvalue weighted by Gasteiger charge is 2.30. The van der Waals surface area contributed by atoms with E-state index in [2.05, 4.69) is 20.9 Å². The first-order chi connectivity index (χ1) is 12.4. The number of likely N-dealkylation sites (tertiary alicyclic amines) is 1. The summed E-state index contributed by atoms with van der Waals surface area (Å²) in [7, 11) is 1.66. The van der Waals surface area contributed by atoms with Crippen molar-refractivity contribution >= 4 is 18.0 Å². The molecule has 1 aliphatic heterocycles.